The lowest BCUT2D eigenvalue weighted by Gasteiger charge is -2.22. The highest BCUT2D eigenvalue weighted by atomic mass is 16.4. The minimum absolute atomic E-state index is 0.00539. The largest absolute Gasteiger partial charge is 0.416 e. The molecular weight excluding hydrogens is 274 g/mol. The van der Waals surface area contributed by atoms with Crippen LogP contribution in [0.1, 0.15) is 104 Å². The van der Waals surface area contributed by atoms with Gasteiger partial charge in [-0.1, -0.05) is 91.4 Å². The van der Waals surface area contributed by atoms with E-state index in [0.717, 1.165) is 12.1 Å². The van der Waals surface area contributed by atoms with E-state index in [4.69, 9.17) is 4.42 Å². The lowest BCUT2D eigenvalue weighted by Crippen LogP contribution is -2.18. The van der Waals surface area contributed by atoms with Crippen molar-refractivity contribution in [3.05, 3.63) is 22.5 Å². The molecule has 1 rings (SSSR count). The van der Waals surface area contributed by atoms with Gasteiger partial charge in [0, 0.05) is 5.41 Å². The molecule has 22 heavy (non-hydrogen) atoms. The first-order chi connectivity index (χ1) is 10.6. The quantitative estimate of drug-likeness (QED) is 0.458. The van der Waals surface area contributed by atoms with Gasteiger partial charge >= 0.3 is 5.76 Å². The molecule has 0 aromatic carbocycles. The zero-order chi connectivity index (χ0) is 16.3. The number of oxazole rings is 1. The van der Waals surface area contributed by atoms with Gasteiger partial charge in [-0.25, -0.2) is 4.79 Å². The van der Waals surface area contributed by atoms with Gasteiger partial charge in [0.1, 0.15) is 6.26 Å². The Bertz CT molecular complexity index is 431. The second kappa shape index (κ2) is 10.7. The third-order valence-corrected chi connectivity index (χ3v) is 4.66. The molecule has 1 aromatic heterocycles. The topological polar surface area (TPSA) is 46.0 Å². The predicted molar refractivity (Wildman–Crippen MR) is 93.4 cm³/mol. The first-order valence-electron chi connectivity index (χ1n) is 9.24. The molecule has 0 aliphatic heterocycles. The first kappa shape index (κ1) is 19.1. The molecule has 0 aliphatic carbocycles. The van der Waals surface area contributed by atoms with Crippen molar-refractivity contribution in [3.8, 4) is 0 Å². The van der Waals surface area contributed by atoms with E-state index in [9.17, 15) is 4.79 Å². The van der Waals surface area contributed by atoms with Crippen molar-refractivity contribution in [2.45, 2.75) is 103 Å². The fraction of sp³-hybridized carbons (Fsp3) is 0.842. The molecule has 0 spiro atoms. The van der Waals surface area contributed by atoms with Gasteiger partial charge in [-0.05, 0) is 6.42 Å². The van der Waals surface area contributed by atoms with Crippen LogP contribution >= 0.6 is 0 Å². The van der Waals surface area contributed by atoms with Crippen LogP contribution in [0.4, 0.5) is 0 Å². The summed E-state index contributed by atoms with van der Waals surface area (Å²) in [5.74, 6) is -0.345. The van der Waals surface area contributed by atoms with Gasteiger partial charge in [0.2, 0.25) is 0 Å². The molecule has 1 N–H and O–H groups in total. The summed E-state index contributed by atoms with van der Waals surface area (Å²) in [6, 6.07) is 0. The summed E-state index contributed by atoms with van der Waals surface area (Å²) in [4.78, 5) is 13.9. The Labute approximate surface area is 135 Å². The van der Waals surface area contributed by atoms with Crippen molar-refractivity contribution in [3.63, 3.8) is 0 Å². The third kappa shape index (κ3) is 7.86. The van der Waals surface area contributed by atoms with E-state index >= 15 is 0 Å². The van der Waals surface area contributed by atoms with E-state index in [1.54, 1.807) is 6.26 Å². The Balaban J connectivity index is 1.98. The molecule has 3 nitrogen and oxygen atoms in total. The molecule has 3 heteroatoms. The van der Waals surface area contributed by atoms with Crippen molar-refractivity contribution in [2.75, 3.05) is 0 Å². The summed E-state index contributed by atoms with van der Waals surface area (Å²) in [6.45, 7) is 6.61. The Morgan fingerprint density at radius 2 is 1.41 bits per heavy atom. The van der Waals surface area contributed by atoms with Crippen molar-refractivity contribution < 1.29 is 4.42 Å². The first-order valence-corrected chi connectivity index (χ1v) is 9.24. The lowest BCUT2D eigenvalue weighted by molar-refractivity contribution is 0.428. The molecule has 0 amide bonds. The smallest absolute Gasteiger partial charge is 0.416 e. The van der Waals surface area contributed by atoms with E-state index in [1.165, 1.54) is 70.6 Å². The highest BCUT2D eigenvalue weighted by Gasteiger charge is 2.22. The van der Waals surface area contributed by atoms with Gasteiger partial charge in [-0.2, -0.15) is 0 Å². The Kier molecular flexibility index (Phi) is 9.26. The van der Waals surface area contributed by atoms with Crippen LogP contribution in [-0.2, 0) is 5.41 Å². The highest BCUT2D eigenvalue weighted by molar-refractivity contribution is 5.07. The van der Waals surface area contributed by atoms with Crippen LogP contribution in [-0.4, -0.2) is 4.98 Å². The maximum absolute atomic E-state index is 11.1. The van der Waals surface area contributed by atoms with Gasteiger partial charge in [-0.15, -0.1) is 0 Å². The molecule has 0 radical (unpaired) electrons. The molecule has 1 aromatic rings. The molecule has 0 bridgehead atoms. The minimum Gasteiger partial charge on any atom is -0.416 e. The molecule has 1 heterocycles. The number of hydrogen-bond donors (Lipinski definition) is 1. The van der Waals surface area contributed by atoms with Gasteiger partial charge in [0.25, 0.3) is 0 Å². The van der Waals surface area contributed by atoms with E-state index in [1.807, 2.05) is 0 Å². The normalized spacial score (nSPS) is 12.0. The van der Waals surface area contributed by atoms with Crippen LogP contribution < -0.4 is 5.76 Å². The number of nitrogens with one attached hydrogen (secondary N) is 1. The Morgan fingerprint density at radius 1 is 0.909 bits per heavy atom. The average molecular weight is 309 g/mol. The number of aromatic amines is 1. The Morgan fingerprint density at radius 3 is 1.86 bits per heavy atom. The number of unbranched alkanes of at least 4 members (excludes halogenated alkanes) is 10. The molecule has 0 saturated heterocycles. The maximum atomic E-state index is 11.1. The summed E-state index contributed by atoms with van der Waals surface area (Å²) in [5, 5.41) is 0. The molecule has 0 atom stereocenters. The van der Waals surface area contributed by atoms with Crippen LogP contribution in [0.25, 0.3) is 0 Å². The van der Waals surface area contributed by atoms with Crippen LogP contribution in [0.5, 0.6) is 0 Å². The average Bonchev–Trinajstić information content (AvgIpc) is 2.92. The highest BCUT2D eigenvalue weighted by Crippen LogP contribution is 2.27. The van der Waals surface area contributed by atoms with Gasteiger partial charge in [0.15, 0.2) is 0 Å². The molecule has 0 aliphatic rings. The Hall–Kier alpha value is -0.990. The monoisotopic (exact) mass is 309 g/mol. The molecule has 0 unspecified atom stereocenters. The second-order valence-corrected chi connectivity index (χ2v) is 7.23. The summed E-state index contributed by atoms with van der Waals surface area (Å²) >= 11 is 0. The van der Waals surface area contributed by atoms with Crippen molar-refractivity contribution in [1.29, 1.82) is 0 Å². The summed E-state index contributed by atoms with van der Waals surface area (Å²) in [6.07, 6.45) is 17.7. The zero-order valence-electron chi connectivity index (χ0n) is 14.9. The fourth-order valence-corrected chi connectivity index (χ4v) is 2.98. The van der Waals surface area contributed by atoms with E-state index in [-0.39, 0.29) is 11.2 Å². The van der Waals surface area contributed by atoms with Gasteiger partial charge in [-0.3, -0.25) is 4.98 Å². The fourth-order valence-electron chi connectivity index (χ4n) is 2.98. The van der Waals surface area contributed by atoms with Crippen LogP contribution in [0.2, 0.25) is 0 Å². The SMILES string of the molecule is CCCCCCCCCCCCCC(C)(C)c1coc(=O)[nH]1. The van der Waals surface area contributed by atoms with Crippen molar-refractivity contribution >= 4 is 0 Å². The van der Waals surface area contributed by atoms with Crippen LogP contribution in [0.15, 0.2) is 15.5 Å². The number of H-pyrrole nitrogens is 1. The molecule has 128 valence electrons. The van der Waals surface area contributed by atoms with Crippen molar-refractivity contribution in [1.82, 2.24) is 4.98 Å². The minimum atomic E-state index is -0.345. The van der Waals surface area contributed by atoms with E-state index < -0.39 is 0 Å². The number of hydrogen-bond acceptors (Lipinski definition) is 2. The van der Waals surface area contributed by atoms with E-state index in [2.05, 4.69) is 25.8 Å². The number of rotatable bonds is 13. The number of aromatic nitrogens is 1. The van der Waals surface area contributed by atoms with E-state index in [0.29, 0.717) is 0 Å². The summed E-state index contributed by atoms with van der Waals surface area (Å²) in [5.41, 5.74) is 0.926. The molecule has 0 fully saturated rings. The summed E-state index contributed by atoms with van der Waals surface area (Å²) < 4.78 is 4.85. The maximum Gasteiger partial charge on any atom is 0.416 e. The molecule has 0 saturated carbocycles. The van der Waals surface area contributed by atoms with Crippen LogP contribution in [0, 0.1) is 0 Å². The molecular formula is C19H35NO2. The lowest BCUT2D eigenvalue weighted by atomic mass is 9.84. The predicted octanol–water partition coefficient (Wildman–Crippen LogP) is 5.95. The summed E-state index contributed by atoms with van der Waals surface area (Å²) in [7, 11) is 0. The zero-order valence-corrected chi connectivity index (χ0v) is 14.9. The standard InChI is InChI=1S/C19H35NO2/c1-4-5-6-7-8-9-10-11-12-13-14-15-19(2,3)17-16-22-18(21)20-17/h16H,4-15H2,1-3H3,(H,20,21). The van der Waals surface area contributed by atoms with Gasteiger partial charge < -0.3 is 4.42 Å². The van der Waals surface area contributed by atoms with Crippen LogP contribution in [0.3, 0.4) is 0 Å². The second-order valence-electron chi connectivity index (χ2n) is 7.23. The third-order valence-electron chi connectivity index (χ3n) is 4.66. The van der Waals surface area contributed by atoms with Crippen molar-refractivity contribution in [2.24, 2.45) is 0 Å². The van der Waals surface area contributed by atoms with Gasteiger partial charge in [0.05, 0.1) is 5.69 Å².